The number of aromatic nitrogens is 1. The van der Waals surface area contributed by atoms with Crippen LogP contribution < -0.4 is 11.9 Å². The predicted octanol–water partition coefficient (Wildman–Crippen LogP) is 2.48. The summed E-state index contributed by atoms with van der Waals surface area (Å²) < 4.78 is 0. The summed E-state index contributed by atoms with van der Waals surface area (Å²) in [7, 11) is 0. The number of aromatic carboxylic acids is 1. The van der Waals surface area contributed by atoms with Crippen LogP contribution in [-0.4, -0.2) is 16.1 Å². The van der Waals surface area contributed by atoms with Gasteiger partial charge in [0.15, 0.2) is 5.69 Å². The van der Waals surface area contributed by atoms with E-state index in [4.69, 9.17) is 45.6 Å². The minimum Gasteiger partial charge on any atom is -0.476 e. The van der Waals surface area contributed by atoms with Crippen molar-refractivity contribution in [3.63, 3.8) is 0 Å². The maximum Gasteiger partial charge on any atom is 0.356 e. The Morgan fingerprint density at radius 3 is 2.14 bits per heavy atom. The van der Waals surface area contributed by atoms with E-state index >= 15 is 0 Å². The molecule has 0 aliphatic rings. The number of carboxylic acids is 1. The minimum absolute atomic E-state index is 0. The van der Waals surface area contributed by atoms with Crippen molar-refractivity contribution < 1.29 is 9.90 Å². The zero-order chi connectivity index (χ0) is 10.2. The van der Waals surface area contributed by atoms with Crippen molar-refractivity contribution in [3.05, 3.63) is 20.8 Å². The van der Waals surface area contributed by atoms with Crippen LogP contribution in [0, 0.1) is 0 Å². The summed E-state index contributed by atoms with van der Waals surface area (Å²) >= 11 is 16.7. The van der Waals surface area contributed by atoms with Crippen molar-refractivity contribution >= 4 is 46.6 Å². The molecule has 0 aliphatic carbocycles. The zero-order valence-corrected chi connectivity index (χ0v) is 8.99. The third kappa shape index (κ3) is 2.19. The van der Waals surface area contributed by atoms with Crippen molar-refractivity contribution in [1.82, 2.24) is 11.1 Å². The van der Waals surface area contributed by atoms with Crippen LogP contribution in [0.1, 0.15) is 10.5 Å². The highest BCUT2D eigenvalue weighted by Crippen LogP contribution is 2.34. The number of pyridine rings is 1. The number of halogens is 3. The third-order valence-electron chi connectivity index (χ3n) is 1.25. The number of carboxylic acid groups (broad SMARTS) is 1. The summed E-state index contributed by atoms with van der Waals surface area (Å²) in [5.41, 5.74) is 4.87. The van der Waals surface area contributed by atoms with Gasteiger partial charge in [-0.3, -0.25) is 0 Å². The van der Waals surface area contributed by atoms with Crippen molar-refractivity contribution in [2.75, 3.05) is 5.73 Å². The molecule has 1 aromatic heterocycles. The summed E-state index contributed by atoms with van der Waals surface area (Å²) in [6.45, 7) is 0. The topological polar surface area (TPSA) is 111 Å². The zero-order valence-electron chi connectivity index (χ0n) is 6.72. The maximum atomic E-state index is 10.5. The van der Waals surface area contributed by atoms with Gasteiger partial charge in [-0.05, 0) is 0 Å². The molecule has 0 bridgehead atoms. The van der Waals surface area contributed by atoms with Crippen molar-refractivity contribution in [3.8, 4) is 0 Å². The fourth-order valence-corrected chi connectivity index (χ4v) is 1.26. The van der Waals surface area contributed by atoms with E-state index in [1.807, 2.05) is 0 Å². The van der Waals surface area contributed by atoms with Crippen LogP contribution in [0.25, 0.3) is 0 Å². The van der Waals surface area contributed by atoms with E-state index in [9.17, 15) is 4.79 Å². The molecule has 1 rings (SSSR count). The first-order valence-corrected chi connectivity index (χ1v) is 4.11. The second-order valence-electron chi connectivity index (χ2n) is 2.09. The molecule has 0 aromatic carbocycles. The van der Waals surface area contributed by atoms with Gasteiger partial charge < -0.3 is 17.0 Å². The lowest BCUT2D eigenvalue weighted by molar-refractivity contribution is 0.0691. The van der Waals surface area contributed by atoms with Crippen LogP contribution in [0.3, 0.4) is 0 Å². The predicted molar refractivity (Wildman–Crippen MR) is 55.7 cm³/mol. The quantitative estimate of drug-likeness (QED) is 0.716. The number of nitrogens with zero attached hydrogens (tertiary/aromatic N) is 1. The first-order chi connectivity index (χ1) is 5.95. The lowest BCUT2D eigenvalue weighted by Gasteiger charge is -2.04. The normalized spacial score (nSPS) is 9.36. The number of hydrogen-bond acceptors (Lipinski definition) is 4. The van der Waals surface area contributed by atoms with E-state index in [1.54, 1.807) is 0 Å². The Morgan fingerprint density at radius 1 is 1.21 bits per heavy atom. The molecule has 8 heteroatoms. The number of anilines is 1. The van der Waals surface area contributed by atoms with Crippen LogP contribution >= 0.6 is 34.8 Å². The van der Waals surface area contributed by atoms with Gasteiger partial charge in [0.05, 0.1) is 10.0 Å². The van der Waals surface area contributed by atoms with Gasteiger partial charge in [0.25, 0.3) is 0 Å². The minimum atomic E-state index is -1.31. The Morgan fingerprint density at radius 2 is 1.71 bits per heavy atom. The van der Waals surface area contributed by atoms with Gasteiger partial charge >= 0.3 is 5.97 Å². The molecule has 0 saturated heterocycles. The molecule has 14 heavy (non-hydrogen) atoms. The Labute approximate surface area is 94.4 Å². The standard InChI is InChI=1S/C6H3Cl3N2O2.H3N/c7-1-2(8)4(6(12)13)11-5(10)3(1)9;/h(H2,10,11)(H,12,13);1H3. The average molecular weight is 258 g/mol. The Hall–Kier alpha value is -0.750. The SMILES string of the molecule is N.Nc1nc(C(=O)O)c(Cl)c(Cl)c1Cl. The molecule has 0 unspecified atom stereocenters. The number of nitrogen functional groups attached to an aromatic ring is 1. The molecule has 1 heterocycles. The third-order valence-corrected chi connectivity index (χ3v) is 2.58. The van der Waals surface area contributed by atoms with E-state index in [0.29, 0.717) is 0 Å². The summed E-state index contributed by atoms with van der Waals surface area (Å²) in [5.74, 6) is -1.47. The van der Waals surface area contributed by atoms with Gasteiger partial charge in [-0.15, -0.1) is 0 Å². The van der Waals surface area contributed by atoms with E-state index in [2.05, 4.69) is 4.98 Å². The van der Waals surface area contributed by atoms with Crippen LogP contribution in [0.2, 0.25) is 15.1 Å². The molecule has 0 spiro atoms. The highest BCUT2D eigenvalue weighted by Gasteiger charge is 2.18. The molecular formula is C6H6Cl3N3O2. The molecule has 0 fully saturated rings. The number of carbonyl (C=O) groups is 1. The van der Waals surface area contributed by atoms with Gasteiger partial charge in [0, 0.05) is 0 Å². The van der Waals surface area contributed by atoms with Gasteiger partial charge in [-0.2, -0.15) is 0 Å². The molecule has 5 nitrogen and oxygen atoms in total. The Kier molecular flexibility index (Phi) is 4.41. The molecule has 0 saturated carbocycles. The van der Waals surface area contributed by atoms with Crippen molar-refractivity contribution in [2.24, 2.45) is 0 Å². The Bertz CT molecular complexity index is 383. The summed E-state index contributed by atoms with van der Waals surface area (Å²) in [5, 5.41) is 8.24. The molecule has 6 N–H and O–H groups in total. The fourth-order valence-electron chi connectivity index (χ4n) is 0.673. The first-order valence-electron chi connectivity index (χ1n) is 2.98. The second kappa shape index (κ2) is 4.65. The van der Waals surface area contributed by atoms with Gasteiger partial charge in [-0.1, -0.05) is 34.8 Å². The van der Waals surface area contributed by atoms with Gasteiger partial charge in [0.1, 0.15) is 10.8 Å². The molecular weight excluding hydrogens is 252 g/mol. The van der Waals surface area contributed by atoms with E-state index in [-0.39, 0.29) is 27.0 Å². The van der Waals surface area contributed by atoms with Gasteiger partial charge in [-0.25, -0.2) is 9.78 Å². The van der Waals surface area contributed by atoms with Crippen molar-refractivity contribution in [1.29, 1.82) is 0 Å². The maximum absolute atomic E-state index is 10.5. The van der Waals surface area contributed by atoms with Crippen LogP contribution in [0.15, 0.2) is 0 Å². The van der Waals surface area contributed by atoms with Crippen molar-refractivity contribution in [2.45, 2.75) is 0 Å². The lowest BCUT2D eigenvalue weighted by atomic mass is 10.3. The number of rotatable bonds is 1. The molecule has 78 valence electrons. The molecule has 0 amide bonds. The molecule has 0 aliphatic heterocycles. The summed E-state index contributed by atoms with van der Waals surface area (Å²) in [6.07, 6.45) is 0. The number of nitrogens with two attached hydrogens (primary N) is 1. The first kappa shape index (κ1) is 13.2. The van der Waals surface area contributed by atoms with Gasteiger partial charge in [0.2, 0.25) is 0 Å². The lowest BCUT2D eigenvalue weighted by Crippen LogP contribution is -2.05. The fraction of sp³-hybridized carbons (Fsp3) is 0. The average Bonchev–Trinajstić information content (AvgIpc) is 2.07. The molecule has 0 radical (unpaired) electrons. The molecule has 0 atom stereocenters. The summed E-state index contributed by atoms with van der Waals surface area (Å²) in [4.78, 5) is 14.0. The Balaban J connectivity index is 0.00000169. The van der Waals surface area contributed by atoms with Crippen LogP contribution in [-0.2, 0) is 0 Å². The largest absolute Gasteiger partial charge is 0.476 e. The summed E-state index contributed by atoms with van der Waals surface area (Å²) in [6, 6.07) is 0. The van der Waals surface area contributed by atoms with Crippen LogP contribution in [0.4, 0.5) is 5.82 Å². The smallest absolute Gasteiger partial charge is 0.356 e. The van der Waals surface area contributed by atoms with E-state index in [0.717, 1.165) is 0 Å². The highest BCUT2D eigenvalue weighted by molar-refractivity contribution is 6.49. The highest BCUT2D eigenvalue weighted by atomic mass is 35.5. The molecule has 1 aromatic rings. The number of hydrogen-bond donors (Lipinski definition) is 3. The van der Waals surface area contributed by atoms with E-state index in [1.165, 1.54) is 0 Å². The van der Waals surface area contributed by atoms with Crippen LogP contribution in [0.5, 0.6) is 0 Å². The second-order valence-corrected chi connectivity index (χ2v) is 3.23. The monoisotopic (exact) mass is 257 g/mol. The van der Waals surface area contributed by atoms with E-state index < -0.39 is 11.7 Å².